The van der Waals surface area contributed by atoms with Crippen molar-refractivity contribution in [1.82, 2.24) is 0 Å². The van der Waals surface area contributed by atoms with Crippen LogP contribution in [0.2, 0.25) is 0 Å². The number of aliphatic hydroxyl groups is 1. The van der Waals surface area contributed by atoms with E-state index >= 15 is 0 Å². The third-order valence-corrected chi connectivity index (χ3v) is 3.37. The number of aliphatic hydroxyl groups excluding tert-OH is 1. The maximum atomic E-state index is 13.9. The van der Waals surface area contributed by atoms with Crippen molar-refractivity contribution in [2.75, 3.05) is 31.2 Å². The highest BCUT2D eigenvalue weighted by Crippen LogP contribution is 2.27. The Balaban J connectivity index is 1.98. The lowest BCUT2D eigenvalue weighted by molar-refractivity contribution is -0.385. The molecule has 1 aromatic rings. The quantitative estimate of drug-likeness (QED) is 0.658. The molecule has 20 heavy (non-hydrogen) atoms. The molecule has 0 atom stereocenters. The van der Waals surface area contributed by atoms with Crippen molar-refractivity contribution in [3.8, 4) is 0 Å². The predicted octanol–water partition coefficient (Wildman–Crippen LogP) is 1.71. The second kappa shape index (κ2) is 6.62. The van der Waals surface area contributed by atoms with Gasteiger partial charge in [0.25, 0.3) is 5.69 Å². The lowest BCUT2D eigenvalue weighted by Gasteiger charge is -2.33. The largest absolute Gasteiger partial charge is 0.394 e. The first-order chi connectivity index (χ1) is 9.61. The fourth-order valence-electron chi connectivity index (χ4n) is 2.35. The number of nitrogens with zero attached hydrogens (tertiary/aromatic N) is 2. The summed E-state index contributed by atoms with van der Waals surface area (Å²) in [7, 11) is 0. The molecule has 0 unspecified atom stereocenters. The highest BCUT2D eigenvalue weighted by molar-refractivity contribution is 5.52. The SMILES string of the molecule is O=[N+]([O-])c1ccc(N2CCC(OCCO)CC2)c(F)c1. The van der Waals surface area contributed by atoms with Gasteiger partial charge in [0, 0.05) is 19.2 Å². The zero-order chi connectivity index (χ0) is 14.5. The van der Waals surface area contributed by atoms with E-state index in [4.69, 9.17) is 9.84 Å². The maximum absolute atomic E-state index is 13.9. The summed E-state index contributed by atoms with van der Waals surface area (Å²) in [6.07, 6.45) is 1.58. The Morgan fingerprint density at radius 1 is 1.45 bits per heavy atom. The topological polar surface area (TPSA) is 75.8 Å². The number of non-ortho nitro benzene ring substituents is 1. The first-order valence-electron chi connectivity index (χ1n) is 6.53. The molecule has 0 spiro atoms. The molecule has 2 rings (SSSR count). The van der Waals surface area contributed by atoms with E-state index in [-0.39, 0.29) is 18.4 Å². The average molecular weight is 284 g/mol. The van der Waals surface area contributed by atoms with Gasteiger partial charge in [-0.15, -0.1) is 0 Å². The van der Waals surface area contributed by atoms with Crippen molar-refractivity contribution in [3.05, 3.63) is 34.1 Å². The minimum atomic E-state index is -0.609. The molecule has 0 aromatic heterocycles. The third kappa shape index (κ3) is 3.43. The van der Waals surface area contributed by atoms with E-state index in [0.29, 0.717) is 25.4 Å². The summed E-state index contributed by atoms with van der Waals surface area (Å²) in [6, 6.07) is 3.71. The number of nitro benzene ring substituents is 1. The summed E-state index contributed by atoms with van der Waals surface area (Å²) in [5.41, 5.74) is 0.142. The number of anilines is 1. The van der Waals surface area contributed by atoms with Crippen LogP contribution in [0.3, 0.4) is 0 Å². The van der Waals surface area contributed by atoms with Crippen molar-refractivity contribution >= 4 is 11.4 Å². The average Bonchev–Trinajstić information content (AvgIpc) is 2.45. The summed E-state index contributed by atoms with van der Waals surface area (Å²) in [4.78, 5) is 11.8. The van der Waals surface area contributed by atoms with Crippen molar-refractivity contribution in [3.63, 3.8) is 0 Å². The Hall–Kier alpha value is -1.73. The van der Waals surface area contributed by atoms with Gasteiger partial charge >= 0.3 is 0 Å². The van der Waals surface area contributed by atoms with Crippen LogP contribution in [0.5, 0.6) is 0 Å². The van der Waals surface area contributed by atoms with Crippen LogP contribution in [-0.4, -0.2) is 42.4 Å². The van der Waals surface area contributed by atoms with Crippen LogP contribution < -0.4 is 4.90 Å². The molecule has 0 saturated carbocycles. The van der Waals surface area contributed by atoms with E-state index < -0.39 is 10.7 Å². The fourth-order valence-corrected chi connectivity index (χ4v) is 2.35. The normalized spacial score (nSPS) is 16.4. The third-order valence-electron chi connectivity index (χ3n) is 3.37. The molecule has 1 heterocycles. The van der Waals surface area contributed by atoms with Gasteiger partial charge in [-0.05, 0) is 18.9 Å². The Bertz CT molecular complexity index is 475. The molecule has 0 aliphatic carbocycles. The zero-order valence-electron chi connectivity index (χ0n) is 11.0. The van der Waals surface area contributed by atoms with Gasteiger partial charge in [-0.25, -0.2) is 4.39 Å². The van der Waals surface area contributed by atoms with E-state index in [1.54, 1.807) is 0 Å². The minimum absolute atomic E-state index is 0.00278. The summed E-state index contributed by atoms with van der Waals surface area (Å²) in [5, 5.41) is 19.3. The van der Waals surface area contributed by atoms with E-state index in [1.807, 2.05) is 4.90 Å². The highest BCUT2D eigenvalue weighted by Gasteiger charge is 2.22. The van der Waals surface area contributed by atoms with Gasteiger partial charge in [0.1, 0.15) is 0 Å². The Morgan fingerprint density at radius 3 is 2.70 bits per heavy atom. The van der Waals surface area contributed by atoms with Gasteiger partial charge in [-0.1, -0.05) is 0 Å². The van der Waals surface area contributed by atoms with E-state index in [0.717, 1.165) is 18.9 Å². The molecule has 1 saturated heterocycles. The molecule has 1 aliphatic heterocycles. The monoisotopic (exact) mass is 284 g/mol. The van der Waals surface area contributed by atoms with E-state index in [2.05, 4.69) is 0 Å². The number of rotatable bonds is 5. The number of benzene rings is 1. The van der Waals surface area contributed by atoms with Gasteiger partial charge in [-0.3, -0.25) is 10.1 Å². The second-order valence-corrected chi connectivity index (χ2v) is 4.67. The fraction of sp³-hybridized carbons (Fsp3) is 0.538. The number of nitro groups is 1. The lowest BCUT2D eigenvalue weighted by atomic mass is 10.1. The van der Waals surface area contributed by atoms with Crippen molar-refractivity contribution in [1.29, 1.82) is 0 Å². The summed E-state index contributed by atoms with van der Waals surface area (Å²) < 4.78 is 19.3. The number of hydrogen-bond acceptors (Lipinski definition) is 5. The molecule has 7 heteroatoms. The number of halogens is 1. The van der Waals surface area contributed by atoms with Crippen LogP contribution in [0.4, 0.5) is 15.8 Å². The summed E-state index contributed by atoms with van der Waals surface area (Å²) >= 11 is 0. The van der Waals surface area contributed by atoms with Gasteiger partial charge < -0.3 is 14.7 Å². The molecule has 0 amide bonds. The first kappa shape index (κ1) is 14.7. The van der Waals surface area contributed by atoms with Gasteiger partial charge in [0.2, 0.25) is 0 Å². The summed E-state index contributed by atoms with van der Waals surface area (Å²) in [6.45, 7) is 1.57. The van der Waals surface area contributed by atoms with Gasteiger partial charge in [0.15, 0.2) is 5.82 Å². The Kier molecular flexibility index (Phi) is 4.86. The van der Waals surface area contributed by atoms with E-state index in [9.17, 15) is 14.5 Å². The van der Waals surface area contributed by atoms with Crippen LogP contribution in [0, 0.1) is 15.9 Å². The highest BCUT2D eigenvalue weighted by atomic mass is 19.1. The number of ether oxygens (including phenoxy) is 1. The van der Waals surface area contributed by atoms with Crippen molar-refractivity contribution < 1.29 is 19.2 Å². The van der Waals surface area contributed by atoms with Crippen LogP contribution in [0.1, 0.15) is 12.8 Å². The van der Waals surface area contributed by atoms with Crippen LogP contribution >= 0.6 is 0 Å². The molecule has 1 N–H and O–H groups in total. The molecule has 1 fully saturated rings. The zero-order valence-corrected chi connectivity index (χ0v) is 11.0. The molecular weight excluding hydrogens is 267 g/mol. The molecule has 6 nitrogen and oxygen atoms in total. The van der Waals surface area contributed by atoms with Gasteiger partial charge in [-0.2, -0.15) is 0 Å². The molecule has 110 valence electrons. The number of hydrogen-bond donors (Lipinski definition) is 1. The predicted molar refractivity (Wildman–Crippen MR) is 71.3 cm³/mol. The standard InChI is InChI=1S/C13H17FN2O4/c14-12-9-10(16(18)19)1-2-13(12)15-5-3-11(4-6-15)20-8-7-17/h1-2,9,11,17H,3-8H2. The molecule has 0 bridgehead atoms. The van der Waals surface area contributed by atoms with Gasteiger partial charge in [0.05, 0.1) is 36.0 Å². The lowest BCUT2D eigenvalue weighted by Crippen LogP contribution is -2.37. The molecule has 1 aliphatic rings. The Morgan fingerprint density at radius 2 is 2.15 bits per heavy atom. The minimum Gasteiger partial charge on any atom is -0.394 e. The van der Waals surface area contributed by atoms with Crippen LogP contribution in [0.15, 0.2) is 18.2 Å². The summed E-state index contributed by atoms with van der Waals surface area (Å²) in [5.74, 6) is -0.575. The first-order valence-corrected chi connectivity index (χ1v) is 6.53. The maximum Gasteiger partial charge on any atom is 0.272 e. The Labute approximate surface area is 115 Å². The molecule has 0 radical (unpaired) electrons. The second-order valence-electron chi connectivity index (χ2n) is 4.67. The smallest absolute Gasteiger partial charge is 0.272 e. The van der Waals surface area contributed by atoms with E-state index in [1.165, 1.54) is 12.1 Å². The van der Waals surface area contributed by atoms with Crippen molar-refractivity contribution in [2.24, 2.45) is 0 Å². The van der Waals surface area contributed by atoms with Crippen molar-refractivity contribution in [2.45, 2.75) is 18.9 Å². The molecular formula is C13H17FN2O4. The van der Waals surface area contributed by atoms with Crippen LogP contribution in [-0.2, 0) is 4.74 Å². The van der Waals surface area contributed by atoms with Crippen LogP contribution in [0.25, 0.3) is 0 Å². The number of piperidine rings is 1. The molecule has 1 aromatic carbocycles.